The lowest BCUT2D eigenvalue weighted by Crippen LogP contribution is -2.20. The van der Waals surface area contributed by atoms with E-state index in [0.29, 0.717) is 6.42 Å². The summed E-state index contributed by atoms with van der Waals surface area (Å²) in [5.74, 6) is -0.396. The number of carbonyl (C=O) groups excluding carboxylic acids is 2. The molecule has 0 aliphatic rings. The van der Waals surface area contributed by atoms with E-state index in [0.717, 1.165) is 0 Å². The Hall–Kier alpha value is -0.700. The second-order valence-corrected chi connectivity index (χ2v) is 1.80. The Morgan fingerprint density at radius 1 is 1.78 bits per heavy atom. The van der Waals surface area contributed by atoms with Crippen molar-refractivity contribution in [3.8, 4) is 0 Å². The second kappa shape index (κ2) is 4.21. The van der Waals surface area contributed by atoms with Crippen molar-refractivity contribution in [1.29, 1.82) is 0 Å². The van der Waals surface area contributed by atoms with Gasteiger partial charge in [0.15, 0.2) is 18.2 Å². The van der Waals surface area contributed by atoms with Gasteiger partial charge in [-0.1, -0.05) is 6.92 Å². The zero-order chi connectivity index (χ0) is 7.28. The molecule has 3 heteroatoms. The van der Waals surface area contributed by atoms with Crippen LogP contribution >= 0.6 is 0 Å². The van der Waals surface area contributed by atoms with Crippen molar-refractivity contribution in [3.63, 3.8) is 0 Å². The van der Waals surface area contributed by atoms with Crippen LogP contribution in [0.3, 0.4) is 0 Å². The van der Waals surface area contributed by atoms with E-state index >= 15 is 0 Å². The lowest BCUT2D eigenvalue weighted by Gasteiger charge is -1.97. The maximum atomic E-state index is 10.5. The van der Waals surface area contributed by atoms with Crippen molar-refractivity contribution < 1.29 is 14.7 Å². The molecule has 0 rings (SSSR count). The zero-order valence-electron chi connectivity index (χ0n) is 5.33. The molecule has 0 heterocycles. The van der Waals surface area contributed by atoms with Gasteiger partial charge in [-0.3, -0.25) is 9.59 Å². The predicted molar refractivity (Wildman–Crippen MR) is 32.0 cm³/mol. The fraction of sp³-hybridized carbons (Fsp3) is 0.667. The summed E-state index contributed by atoms with van der Waals surface area (Å²) in [7, 11) is 0. The van der Waals surface area contributed by atoms with Crippen LogP contribution < -0.4 is 0 Å². The summed E-state index contributed by atoms with van der Waals surface area (Å²) in [6.07, 6.45) is -0.202. The molecule has 1 N–H and O–H groups in total. The van der Waals surface area contributed by atoms with Crippen LogP contribution in [-0.2, 0) is 9.59 Å². The molecule has 52 valence electrons. The Labute approximate surface area is 53.7 Å². The molecule has 0 saturated carbocycles. The van der Waals surface area contributed by atoms with Crippen molar-refractivity contribution in [2.75, 3.05) is 0 Å². The van der Waals surface area contributed by atoms with Crippen LogP contribution in [0.15, 0.2) is 0 Å². The van der Waals surface area contributed by atoms with E-state index in [9.17, 15) is 9.59 Å². The normalized spacial score (nSPS) is 12.7. The highest BCUT2D eigenvalue weighted by molar-refractivity contribution is 5.95. The van der Waals surface area contributed by atoms with Crippen LogP contribution in [0.1, 0.15) is 19.8 Å². The standard InChI is InChI=1S/C6H10O3/c1-2-3-5(8)6(9)4-7/h4,6,9H,2-3H2,1H3. The van der Waals surface area contributed by atoms with Gasteiger partial charge in [-0.2, -0.15) is 0 Å². The summed E-state index contributed by atoms with van der Waals surface area (Å²) in [4.78, 5) is 20.2. The summed E-state index contributed by atoms with van der Waals surface area (Å²) < 4.78 is 0. The SMILES string of the molecule is CCCC(=O)C(O)C=O. The summed E-state index contributed by atoms with van der Waals surface area (Å²) in [5.41, 5.74) is 0. The Balaban J connectivity index is 3.58. The molecule has 0 radical (unpaired) electrons. The summed E-state index contributed by atoms with van der Waals surface area (Å²) in [6.45, 7) is 1.81. The quantitative estimate of drug-likeness (QED) is 0.427. The first-order valence-electron chi connectivity index (χ1n) is 2.88. The van der Waals surface area contributed by atoms with Gasteiger partial charge < -0.3 is 5.11 Å². The molecule has 0 aliphatic heterocycles. The number of rotatable bonds is 4. The Bertz CT molecular complexity index is 109. The van der Waals surface area contributed by atoms with Gasteiger partial charge in [-0.25, -0.2) is 0 Å². The number of ketones is 1. The van der Waals surface area contributed by atoms with Crippen molar-refractivity contribution in [2.45, 2.75) is 25.9 Å². The summed E-state index contributed by atoms with van der Waals surface area (Å²) in [5, 5.41) is 8.54. The molecule has 0 aromatic rings. The van der Waals surface area contributed by atoms with E-state index in [1.807, 2.05) is 6.92 Å². The van der Waals surface area contributed by atoms with Gasteiger partial charge in [0.05, 0.1) is 0 Å². The average Bonchev–Trinajstić information content (AvgIpc) is 1.87. The Morgan fingerprint density at radius 3 is 2.67 bits per heavy atom. The van der Waals surface area contributed by atoms with E-state index in [4.69, 9.17) is 5.11 Å². The molecule has 3 nitrogen and oxygen atoms in total. The molecule has 0 saturated heterocycles. The molecule has 9 heavy (non-hydrogen) atoms. The van der Waals surface area contributed by atoms with E-state index in [2.05, 4.69) is 0 Å². The average molecular weight is 130 g/mol. The minimum atomic E-state index is -1.40. The number of aldehydes is 1. The fourth-order valence-corrected chi connectivity index (χ4v) is 0.470. The lowest BCUT2D eigenvalue weighted by atomic mass is 10.1. The van der Waals surface area contributed by atoms with Gasteiger partial charge in [0.2, 0.25) is 0 Å². The van der Waals surface area contributed by atoms with Crippen LogP contribution in [0.5, 0.6) is 0 Å². The molecule has 0 aliphatic carbocycles. The Kier molecular flexibility index (Phi) is 3.88. The van der Waals surface area contributed by atoms with Crippen molar-refractivity contribution in [1.82, 2.24) is 0 Å². The maximum Gasteiger partial charge on any atom is 0.168 e. The van der Waals surface area contributed by atoms with E-state index in [-0.39, 0.29) is 12.7 Å². The molecule has 0 aromatic carbocycles. The smallest absolute Gasteiger partial charge is 0.168 e. The molecular formula is C6H10O3. The molecule has 0 spiro atoms. The van der Waals surface area contributed by atoms with Gasteiger partial charge in [-0.05, 0) is 6.42 Å². The van der Waals surface area contributed by atoms with Crippen LogP contribution in [0.4, 0.5) is 0 Å². The third-order valence-corrected chi connectivity index (χ3v) is 0.955. The van der Waals surface area contributed by atoms with E-state index < -0.39 is 11.9 Å². The van der Waals surface area contributed by atoms with E-state index in [1.165, 1.54) is 0 Å². The minimum Gasteiger partial charge on any atom is -0.378 e. The molecule has 1 unspecified atom stereocenters. The highest BCUT2D eigenvalue weighted by atomic mass is 16.3. The number of hydrogen-bond acceptors (Lipinski definition) is 3. The molecule has 0 aromatic heterocycles. The van der Waals surface area contributed by atoms with Crippen LogP contribution in [0.25, 0.3) is 0 Å². The number of aliphatic hydroxyl groups excluding tert-OH is 1. The summed E-state index contributed by atoms with van der Waals surface area (Å²) >= 11 is 0. The van der Waals surface area contributed by atoms with Gasteiger partial charge in [0.1, 0.15) is 0 Å². The maximum absolute atomic E-state index is 10.5. The molecular weight excluding hydrogens is 120 g/mol. The van der Waals surface area contributed by atoms with Gasteiger partial charge >= 0.3 is 0 Å². The first-order chi connectivity index (χ1) is 4.22. The summed E-state index contributed by atoms with van der Waals surface area (Å²) in [6, 6.07) is 0. The third kappa shape index (κ3) is 2.98. The highest BCUT2D eigenvalue weighted by Crippen LogP contribution is 1.91. The van der Waals surface area contributed by atoms with Crippen molar-refractivity contribution in [2.24, 2.45) is 0 Å². The van der Waals surface area contributed by atoms with E-state index in [1.54, 1.807) is 0 Å². The third-order valence-electron chi connectivity index (χ3n) is 0.955. The highest BCUT2D eigenvalue weighted by Gasteiger charge is 2.10. The van der Waals surface area contributed by atoms with Crippen molar-refractivity contribution in [3.05, 3.63) is 0 Å². The monoisotopic (exact) mass is 130 g/mol. The molecule has 0 amide bonds. The zero-order valence-corrected chi connectivity index (χ0v) is 5.33. The number of Topliss-reactive ketones (excluding diaryl/α,β-unsaturated/α-hetero) is 1. The number of carbonyl (C=O) groups is 2. The van der Waals surface area contributed by atoms with Crippen LogP contribution in [-0.4, -0.2) is 23.3 Å². The van der Waals surface area contributed by atoms with Crippen LogP contribution in [0.2, 0.25) is 0 Å². The topological polar surface area (TPSA) is 54.4 Å². The lowest BCUT2D eigenvalue weighted by molar-refractivity contribution is -0.132. The largest absolute Gasteiger partial charge is 0.378 e. The first-order valence-corrected chi connectivity index (χ1v) is 2.88. The van der Waals surface area contributed by atoms with Crippen LogP contribution in [0, 0.1) is 0 Å². The Morgan fingerprint density at radius 2 is 2.33 bits per heavy atom. The molecule has 1 atom stereocenters. The molecule has 0 bridgehead atoms. The van der Waals surface area contributed by atoms with Gasteiger partial charge in [0.25, 0.3) is 0 Å². The fourth-order valence-electron chi connectivity index (χ4n) is 0.470. The predicted octanol–water partition coefficient (Wildman–Crippen LogP) is -0.0846. The van der Waals surface area contributed by atoms with Crippen molar-refractivity contribution >= 4 is 12.1 Å². The first kappa shape index (κ1) is 8.30. The van der Waals surface area contributed by atoms with Gasteiger partial charge in [-0.15, -0.1) is 0 Å². The minimum absolute atomic E-state index is 0.248. The molecule has 0 fully saturated rings. The second-order valence-electron chi connectivity index (χ2n) is 1.80. The van der Waals surface area contributed by atoms with Gasteiger partial charge in [0, 0.05) is 6.42 Å². The number of hydrogen-bond donors (Lipinski definition) is 1. The number of aliphatic hydroxyl groups is 1.